The average molecular weight is 396 g/mol. The lowest BCUT2D eigenvalue weighted by atomic mass is 9.99. The maximum absolute atomic E-state index is 12.7. The molecule has 1 heterocycles. The molecular weight excluding hydrogens is 374 g/mol. The molecule has 0 saturated carbocycles. The molecule has 2 aromatic rings. The Kier molecular flexibility index (Phi) is 5.63. The van der Waals surface area contributed by atoms with E-state index in [1.54, 1.807) is 24.3 Å². The summed E-state index contributed by atoms with van der Waals surface area (Å²) in [5.41, 5.74) is 1.38. The summed E-state index contributed by atoms with van der Waals surface area (Å²) in [6.07, 6.45) is 1.76. The van der Waals surface area contributed by atoms with E-state index in [1.807, 2.05) is 12.1 Å². The number of sulfonamides is 1. The van der Waals surface area contributed by atoms with Gasteiger partial charge in [-0.05, 0) is 30.0 Å². The third-order valence-corrected chi connectivity index (χ3v) is 6.15. The van der Waals surface area contributed by atoms with Crippen LogP contribution in [-0.2, 0) is 10.0 Å². The van der Waals surface area contributed by atoms with Gasteiger partial charge in [0.1, 0.15) is 0 Å². The van der Waals surface area contributed by atoms with Crippen LogP contribution in [0, 0.1) is 0 Å². The van der Waals surface area contributed by atoms with Gasteiger partial charge in [0.2, 0.25) is 0 Å². The number of hydrogen-bond acceptors (Lipinski definition) is 4. The number of hydrogen-bond donors (Lipinski definition) is 1. The van der Waals surface area contributed by atoms with Crippen molar-refractivity contribution in [3.63, 3.8) is 0 Å². The van der Waals surface area contributed by atoms with Gasteiger partial charge in [-0.1, -0.05) is 37.6 Å². The van der Waals surface area contributed by atoms with Crippen molar-refractivity contribution in [1.29, 1.82) is 0 Å². The van der Waals surface area contributed by atoms with Crippen LogP contribution in [0.1, 0.15) is 38.2 Å². The predicted molar refractivity (Wildman–Crippen MR) is 103 cm³/mol. The molecule has 1 unspecified atom stereocenters. The summed E-state index contributed by atoms with van der Waals surface area (Å²) in [4.78, 5) is 0.188. The third-order valence-electron chi connectivity index (χ3n) is 4.45. The standard InChI is InChI=1S/C19H22ClNO4S/c1-3-13(2)14-5-7-15(8-6-14)26(22,23)21-17-12-19-18(11-16(17)20)24-9-4-10-25-19/h5-8,11-13,21H,3-4,9-10H2,1-2H3. The topological polar surface area (TPSA) is 64.6 Å². The van der Waals surface area contributed by atoms with E-state index in [0.29, 0.717) is 30.6 Å². The van der Waals surface area contributed by atoms with Gasteiger partial charge in [-0.2, -0.15) is 0 Å². The molecule has 1 aliphatic heterocycles. The van der Waals surface area contributed by atoms with Crippen LogP contribution in [0.15, 0.2) is 41.3 Å². The monoisotopic (exact) mass is 395 g/mol. The van der Waals surface area contributed by atoms with E-state index >= 15 is 0 Å². The van der Waals surface area contributed by atoms with Gasteiger partial charge in [-0.15, -0.1) is 0 Å². The molecule has 1 aliphatic rings. The zero-order valence-electron chi connectivity index (χ0n) is 14.8. The minimum Gasteiger partial charge on any atom is -0.490 e. The van der Waals surface area contributed by atoms with E-state index in [-0.39, 0.29) is 15.6 Å². The first-order valence-electron chi connectivity index (χ1n) is 8.62. The van der Waals surface area contributed by atoms with Gasteiger partial charge in [0.05, 0.1) is 28.8 Å². The van der Waals surface area contributed by atoms with Gasteiger partial charge in [-0.25, -0.2) is 8.42 Å². The predicted octanol–water partition coefficient (Wildman–Crippen LogP) is 4.82. The molecule has 0 saturated heterocycles. The molecule has 1 N–H and O–H groups in total. The molecule has 26 heavy (non-hydrogen) atoms. The Morgan fingerprint density at radius 3 is 2.35 bits per heavy atom. The molecule has 5 nitrogen and oxygen atoms in total. The molecule has 0 aliphatic carbocycles. The van der Waals surface area contributed by atoms with Crippen molar-refractivity contribution in [2.45, 2.75) is 37.5 Å². The fourth-order valence-corrected chi connectivity index (χ4v) is 4.00. The van der Waals surface area contributed by atoms with E-state index in [4.69, 9.17) is 21.1 Å². The summed E-state index contributed by atoms with van der Waals surface area (Å²) in [7, 11) is -3.75. The zero-order chi connectivity index (χ0) is 18.7. The summed E-state index contributed by atoms with van der Waals surface area (Å²) < 4.78 is 39.1. The van der Waals surface area contributed by atoms with E-state index in [9.17, 15) is 8.42 Å². The molecule has 0 bridgehead atoms. The first-order chi connectivity index (χ1) is 12.4. The van der Waals surface area contributed by atoms with Crippen LogP contribution in [0.5, 0.6) is 11.5 Å². The van der Waals surface area contributed by atoms with Crippen LogP contribution >= 0.6 is 11.6 Å². The summed E-state index contributed by atoms with van der Waals surface area (Å²) in [6, 6.07) is 10.1. The molecule has 140 valence electrons. The summed E-state index contributed by atoms with van der Waals surface area (Å²) in [6.45, 7) is 5.26. The fourth-order valence-electron chi connectivity index (χ4n) is 2.68. The number of ether oxygens (including phenoxy) is 2. The molecular formula is C19H22ClNO4S. The van der Waals surface area contributed by atoms with Crippen molar-refractivity contribution in [3.8, 4) is 11.5 Å². The molecule has 0 aromatic heterocycles. The van der Waals surface area contributed by atoms with Gasteiger partial charge in [0.15, 0.2) is 11.5 Å². The van der Waals surface area contributed by atoms with Crippen molar-refractivity contribution < 1.29 is 17.9 Å². The maximum atomic E-state index is 12.7. The van der Waals surface area contributed by atoms with Gasteiger partial charge in [0.25, 0.3) is 10.0 Å². The van der Waals surface area contributed by atoms with Crippen LogP contribution in [0.25, 0.3) is 0 Å². The number of nitrogens with one attached hydrogen (secondary N) is 1. The Morgan fingerprint density at radius 2 is 1.73 bits per heavy atom. The second kappa shape index (κ2) is 7.76. The minimum atomic E-state index is -3.75. The van der Waals surface area contributed by atoms with Crippen molar-refractivity contribution >= 4 is 27.3 Å². The maximum Gasteiger partial charge on any atom is 0.261 e. The Balaban J connectivity index is 1.86. The summed E-state index contributed by atoms with van der Waals surface area (Å²) >= 11 is 6.23. The zero-order valence-corrected chi connectivity index (χ0v) is 16.4. The number of fused-ring (bicyclic) bond motifs is 1. The fraction of sp³-hybridized carbons (Fsp3) is 0.368. The van der Waals surface area contributed by atoms with Crippen LogP contribution in [0.3, 0.4) is 0 Å². The second-order valence-corrected chi connectivity index (χ2v) is 8.40. The lowest BCUT2D eigenvalue weighted by Gasteiger charge is -2.14. The van der Waals surface area contributed by atoms with Crippen molar-refractivity contribution in [2.75, 3.05) is 17.9 Å². The smallest absolute Gasteiger partial charge is 0.261 e. The third kappa shape index (κ3) is 4.07. The van der Waals surface area contributed by atoms with Crippen molar-refractivity contribution in [2.24, 2.45) is 0 Å². The number of benzene rings is 2. The quantitative estimate of drug-likeness (QED) is 0.788. The average Bonchev–Trinajstić information content (AvgIpc) is 2.86. The Bertz CT molecular complexity index is 881. The van der Waals surface area contributed by atoms with Crippen LogP contribution in [0.2, 0.25) is 5.02 Å². The Morgan fingerprint density at radius 1 is 1.12 bits per heavy atom. The van der Waals surface area contributed by atoms with Gasteiger partial charge >= 0.3 is 0 Å². The van der Waals surface area contributed by atoms with E-state index in [2.05, 4.69) is 18.6 Å². The summed E-state index contributed by atoms with van der Waals surface area (Å²) in [5.74, 6) is 1.39. The van der Waals surface area contributed by atoms with E-state index in [0.717, 1.165) is 18.4 Å². The lowest BCUT2D eigenvalue weighted by molar-refractivity contribution is 0.297. The molecule has 2 aromatic carbocycles. The molecule has 0 spiro atoms. The molecule has 7 heteroatoms. The SMILES string of the molecule is CCC(C)c1ccc(S(=O)(=O)Nc2cc3c(cc2Cl)OCCCO3)cc1. The van der Waals surface area contributed by atoms with Crippen molar-refractivity contribution in [1.82, 2.24) is 0 Å². The van der Waals surface area contributed by atoms with Crippen LogP contribution in [-0.4, -0.2) is 21.6 Å². The largest absolute Gasteiger partial charge is 0.490 e. The highest BCUT2D eigenvalue weighted by Crippen LogP contribution is 2.38. The number of halogens is 1. The van der Waals surface area contributed by atoms with Crippen molar-refractivity contribution in [3.05, 3.63) is 47.0 Å². The molecule has 1 atom stereocenters. The van der Waals surface area contributed by atoms with E-state index in [1.165, 1.54) is 0 Å². The number of rotatable bonds is 5. The highest BCUT2D eigenvalue weighted by Gasteiger charge is 2.20. The Labute approximate surface area is 159 Å². The minimum absolute atomic E-state index is 0.188. The molecule has 3 rings (SSSR count). The molecule has 0 amide bonds. The molecule has 0 fully saturated rings. The van der Waals surface area contributed by atoms with Crippen LogP contribution < -0.4 is 14.2 Å². The summed E-state index contributed by atoms with van der Waals surface area (Å²) in [5, 5.41) is 0.258. The number of anilines is 1. The first-order valence-corrected chi connectivity index (χ1v) is 10.5. The first kappa shape index (κ1) is 18.9. The normalized spacial score (nSPS) is 15.2. The van der Waals surface area contributed by atoms with Crippen LogP contribution in [0.4, 0.5) is 5.69 Å². The van der Waals surface area contributed by atoms with Gasteiger partial charge in [-0.3, -0.25) is 4.72 Å². The highest BCUT2D eigenvalue weighted by molar-refractivity contribution is 7.92. The second-order valence-electron chi connectivity index (χ2n) is 6.31. The van der Waals surface area contributed by atoms with Gasteiger partial charge in [0, 0.05) is 18.6 Å². The molecule has 0 radical (unpaired) electrons. The van der Waals surface area contributed by atoms with E-state index < -0.39 is 10.0 Å². The van der Waals surface area contributed by atoms with Gasteiger partial charge < -0.3 is 9.47 Å². The lowest BCUT2D eigenvalue weighted by Crippen LogP contribution is -2.13. The highest BCUT2D eigenvalue weighted by atomic mass is 35.5. The Hall–Kier alpha value is -1.92.